The zero-order valence-electron chi connectivity index (χ0n) is 37.1. The maximum atomic E-state index is 15.5. The molecule has 11 heteroatoms. The van der Waals surface area contributed by atoms with Gasteiger partial charge >= 0.3 is 0 Å². The normalized spacial score (nSPS) is 22.5. The van der Waals surface area contributed by atoms with Gasteiger partial charge in [-0.2, -0.15) is 5.26 Å². The van der Waals surface area contributed by atoms with Crippen molar-refractivity contribution in [3.8, 4) is 23.3 Å². The minimum atomic E-state index is -1.46. The number of aliphatic hydroxyl groups excluding tert-OH is 2. The van der Waals surface area contributed by atoms with Gasteiger partial charge in [0.05, 0.1) is 29.9 Å². The van der Waals surface area contributed by atoms with E-state index < -0.39 is 17.7 Å². The number of fused-ring (bicyclic) bond motifs is 3. The minimum absolute atomic E-state index is 0.0442. The predicted molar refractivity (Wildman–Crippen MR) is 255 cm³/mol. The average Bonchev–Trinajstić information content (AvgIpc) is 3.34. The molecule has 1 aliphatic heterocycles. The Morgan fingerprint density at radius 3 is 2.42 bits per heavy atom. The van der Waals surface area contributed by atoms with E-state index in [-0.39, 0.29) is 56.4 Å². The number of ether oxygens (including phenoxy) is 3. The third-order valence-electron chi connectivity index (χ3n) is 13.3. The molecule has 0 spiro atoms. The summed E-state index contributed by atoms with van der Waals surface area (Å²) in [6, 6.07) is 36.5. The molecule has 65 heavy (non-hydrogen) atoms. The van der Waals surface area contributed by atoms with Crippen LogP contribution in [0.4, 0.5) is 0 Å². The molecular weight excluding hydrogens is 835 g/mol. The van der Waals surface area contributed by atoms with Gasteiger partial charge in [-0.3, -0.25) is 4.79 Å². The van der Waals surface area contributed by atoms with Crippen LogP contribution in [0, 0.1) is 29.1 Å². The molecule has 3 aliphatic rings. The van der Waals surface area contributed by atoms with Crippen LogP contribution < -0.4 is 9.47 Å². The molecule has 2 aliphatic carbocycles. The lowest BCUT2D eigenvalue weighted by atomic mass is 9.55. The second kappa shape index (κ2) is 20.9. The highest BCUT2D eigenvalue weighted by Crippen LogP contribution is 2.62. The number of thioether (sulfide) groups is 1. The molecule has 5 aromatic carbocycles. The van der Waals surface area contributed by atoms with E-state index in [0.29, 0.717) is 46.9 Å². The van der Waals surface area contributed by atoms with Gasteiger partial charge in [0.15, 0.2) is 0 Å². The van der Waals surface area contributed by atoms with Gasteiger partial charge in [-0.05, 0) is 132 Å². The van der Waals surface area contributed by atoms with Crippen molar-refractivity contribution in [1.82, 2.24) is 4.90 Å². The summed E-state index contributed by atoms with van der Waals surface area (Å²) < 4.78 is 21.3. The molecule has 1 heterocycles. The largest absolute Gasteiger partial charge is 0.459 e. The number of nitriles is 1. The Bertz CT molecular complexity index is 2570. The Kier molecular flexibility index (Phi) is 14.7. The fraction of sp³-hybridized carbons (Fsp3) is 0.352. The summed E-state index contributed by atoms with van der Waals surface area (Å²) in [5.74, 6) is -0.290. The Hall–Kier alpha value is -5.90. The van der Waals surface area contributed by atoms with E-state index in [1.165, 1.54) is 0 Å². The highest BCUT2D eigenvalue weighted by molar-refractivity contribution is 7.98. The number of unbranched alkanes of at least 4 members (excludes halogenated alkanes) is 2. The number of aliphatic hydroxyl groups is 2. The van der Waals surface area contributed by atoms with Crippen LogP contribution in [0.15, 0.2) is 144 Å². The van der Waals surface area contributed by atoms with Crippen molar-refractivity contribution in [1.29, 1.82) is 5.26 Å². The van der Waals surface area contributed by atoms with Crippen LogP contribution in [0.1, 0.15) is 77.9 Å². The minimum Gasteiger partial charge on any atom is -0.459 e. The van der Waals surface area contributed by atoms with Gasteiger partial charge < -0.3 is 34.2 Å². The summed E-state index contributed by atoms with van der Waals surface area (Å²) in [5, 5.41) is 36.5. The van der Waals surface area contributed by atoms with E-state index in [4.69, 9.17) is 24.2 Å². The molecule has 1 fully saturated rings. The number of rotatable bonds is 19. The summed E-state index contributed by atoms with van der Waals surface area (Å²) in [5.41, 5.74) is 4.44. The first-order chi connectivity index (χ1) is 31.9. The van der Waals surface area contributed by atoms with Gasteiger partial charge in [0.1, 0.15) is 30.4 Å². The maximum absolute atomic E-state index is 15.5. The zero-order valence-corrected chi connectivity index (χ0v) is 37.9. The number of hydrogen-bond acceptors (Lipinski definition) is 10. The van der Waals surface area contributed by atoms with Crippen molar-refractivity contribution in [3.63, 3.8) is 0 Å². The van der Waals surface area contributed by atoms with Crippen LogP contribution in [0.3, 0.4) is 0 Å². The number of carbonyl (C=O) groups excluding carboxylic acids is 1. The Balaban J connectivity index is 1.36. The first-order valence-corrected chi connectivity index (χ1v) is 23.8. The van der Waals surface area contributed by atoms with E-state index in [9.17, 15) is 15.5 Å². The van der Waals surface area contributed by atoms with Gasteiger partial charge in [-0.25, -0.2) is 0 Å². The first kappa shape index (κ1) is 45.7. The van der Waals surface area contributed by atoms with Crippen molar-refractivity contribution >= 4 is 34.2 Å². The molecule has 0 bridgehead atoms. The lowest BCUT2D eigenvalue weighted by molar-refractivity contribution is -0.255. The number of nitrogens with zero attached hydrogens (tertiary/aromatic N) is 3. The lowest BCUT2D eigenvalue weighted by Crippen LogP contribution is -2.70. The molecule has 1 amide bonds. The highest BCUT2D eigenvalue weighted by Gasteiger charge is 2.65. The van der Waals surface area contributed by atoms with Crippen molar-refractivity contribution < 1.29 is 34.1 Å². The fourth-order valence-electron chi connectivity index (χ4n) is 10.4. The number of hydrogen-bond donors (Lipinski definition) is 2. The first-order valence-electron chi connectivity index (χ1n) is 22.6. The Morgan fingerprint density at radius 1 is 0.954 bits per heavy atom. The molecular formula is C54H57N3O7S. The maximum Gasteiger partial charge on any atom is 0.254 e. The lowest BCUT2D eigenvalue weighted by Gasteiger charge is -2.60. The molecule has 2 N–H and O–H groups in total. The second-order valence-corrected chi connectivity index (χ2v) is 17.9. The van der Waals surface area contributed by atoms with Gasteiger partial charge in [-0.1, -0.05) is 72.6 Å². The average molecular weight is 892 g/mol. The Morgan fingerprint density at radius 2 is 1.69 bits per heavy atom. The second-order valence-electron chi connectivity index (χ2n) is 17.0. The molecule has 0 radical (unpaired) electrons. The summed E-state index contributed by atoms with van der Waals surface area (Å²) in [6.07, 6.45) is 10.9. The zero-order chi connectivity index (χ0) is 45.3. The standard InChI is InChI=1S/C54H57N3O7S/c1-4-30-62-54-50(57(53(60)38-20-18-36(34-55)19-21-38)35-40-15-11-14-37-12-5-6-16-44(37)40)33-48(56-61-2)46-31-39(13-7-9-28-58)45(17-8-10-29-59)51(52(46)54)47-32-42(24-27-49(47)64-54)63-41-22-25-43(65-3)26-23-41/h4-6,11-12,14-16,18-27,31-32,39,45,50-52,58-59H,1,7-10,13,17,28-30,33,35H2,2-3H3/t39-,45+,50-,51+,52+,54+/m0/s1. The van der Waals surface area contributed by atoms with Crippen LogP contribution in [-0.2, 0) is 16.1 Å². The van der Waals surface area contributed by atoms with E-state index >= 15 is 4.79 Å². The summed E-state index contributed by atoms with van der Waals surface area (Å²) >= 11 is 1.67. The quantitative estimate of drug-likeness (QED) is 0.0360. The van der Waals surface area contributed by atoms with Gasteiger partial charge in [0, 0.05) is 48.1 Å². The number of oxime groups is 1. The molecule has 8 rings (SSSR count). The van der Waals surface area contributed by atoms with Crippen LogP contribution in [0.2, 0.25) is 0 Å². The van der Waals surface area contributed by atoms with Crippen molar-refractivity contribution in [2.24, 2.45) is 22.9 Å². The third-order valence-corrected chi connectivity index (χ3v) is 14.0. The predicted octanol–water partition coefficient (Wildman–Crippen LogP) is 10.8. The summed E-state index contributed by atoms with van der Waals surface area (Å²) in [7, 11) is 1.55. The van der Waals surface area contributed by atoms with Crippen molar-refractivity contribution in [2.75, 3.05) is 33.2 Å². The molecule has 0 unspecified atom stereocenters. The number of benzene rings is 5. The molecule has 336 valence electrons. The molecule has 10 nitrogen and oxygen atoms in total. The van der Waals surface area contributed by atoms with E-state index in [2.05, 4.69) is 49.1 Å². The number of carbonyl (C=O) groups is 1. The number of allylic oxidation sites excluding steroid dienone is 1. The van der Waals surface area contributed by atoms with Crippen LogP contribution >= 0.6 is 11.8 Å². The van der Waals surface area contributed by atoms with Crippen molar-refractivity contribution in [2.45, 2.75) is 74.1 Å². The smallest absolute Gasteiger partial charge is 0.254 e. The molecule has 1 saturated carbocycles. The van der Waals surface area contributed by atoms with Gasteiger partial charge in [-0.15, -0.1) is 18.3 Å². The molecule has 0 saturated heterocycles. The van der Waals surface area contributed by atoms with Crippen LogP contribution in [0.5, 0.6) is 17.2 Å². The monoisotopic (exact) mass is 891 g/mol. The summed E-state index contributed by atoms with van der Waals surface area (Å²) in [6.45, 7) is 4.62. The van der Waals surface area contributed by atoms with Crippen LogP contribution in [0.25, 0.3) is 10.8 Å². The van der Waals surface area contributed by atoms with Crippen LogP contribution in [-0.4, -0.2) is 71.7 Å². The number of amides is 1. The third kappa shape index (κ3) is 9.45. The van der Waals surface area contributed by atoms with E-state index in [1.54, 1.807) is 49.2 Å². The van der Waals surface area contributed by atoms with E-state index in [0.717, 1.165) is 58.1 Å². The molecule has 6 atom stereocenters. The molecule has 0 aromatic heterocycles. The van der Waals surface area contributed by atoms with Gasteiger partial charge in [0.2, 0.25) is 5.79 Å². The van der Waals surface area contributed by atoms with E-state index in [1.807, 2.05) is 65.8 Å². The molecule has 5 aromatic rings. The highest BCUT2D eigenvalue weighted by atomic mass is 32.2. The Labute approximate surface area is 386 Å². The SMILES string of the molecule is C=CCO[C@@]12Oc3ccc(Oc4ccc(SC)cc4)cc3[C@H]3[C@H](CCCCO)[C@@H](CCCCO)C=C(C(=NOC)C[C@@H]1N(Cc1cccc4ccccc14)C(=O)c1ccc(C#N)cc1)[C@H]32. The van der Waals surface area contributed by atoms with Gasteiger partial charge in [0.25, 0.3) is 5.91 Å². The summed E-state index contributed by atoms with van der Waals surface area (Å²) in [4.78, 5) is 24.2. The fourth-order valence-corrected chi connectivity index (χ4v) is 10.8. The van der Waals surface area contributed by atoms with Crippen molar-refractivity contribution in [3.05, 3.63) is 156 Å². The topological polar surface area (TPSA) is 134 Å².